The van der Waals surface area contributed by atoms with Crippen molar-refractivity contribution < 1.29 is 31.9 Å². The van der Waals surface area contributed by atoms with Gasteiger partial charge in [0.25, 0.3) is 0 Å². The number of nitrogens with zero attached hydrogens (tertiary/aromatic N) is 4. The van der Waals surface area contributed by atoms with Crippen molar-refractivity contribution in [2.24, 2.45) is 0 Å². The first-order valence-corrected chi connectivity index (χ1v) is 11.2. The van der Waals surface area contributed by atoms with E-state index >= 15 is 0 Å². The molecule has 1 amide bonds. The number of nitrogens with one attached hydrogen (secondary N) is 2. The number of hydrogen-bond acceptors (Lipinski definition) is 7. The number of aromatic nitrogens is 4. The van der Waals surface area contributed by atoms with Gasteiger partial charge < -0.3 is 15.4 Å². The lowest BCUT2D eigenvalue weighted by Crippen LogP contribution is -2.24. The maximum absolute atomic E-state index is 13.5. The van der Waals surface area contributed by atoms with Crippen molar-refractivity contribution >= 4 is 40.8 Å². The van der Waals surface area contributed by atoms with E-state index < -0.39 is 29.6 Å². The molecule has 0 saturated carbocycles. The summed E-state index contributed by atoms with van der Waals surface area (Å²) in [5.74, 6) is -2.79. The van der Waals surface area contributed by atoms with Crippen LogP contribution in [0.3, 0.4) is 0 Å². The fourth-order valence-corrected chi connectivity index (χ4v) is 3.43. The van der Waals surface area contributed by atoms with Crippen molar-refractivity contribution in [3.05, 3.63) is 77.5 Å². The van der Waals surface area contributed by atoms with Crippen LogP contribution in [0.15, 0.2) is 60.9 Å². The Morgan fingerprint density at radius 1 is 1.11 bits per heavy atom. The van der Waals surface area contributed by atoms with Gasteiger partial charge in [-0.3, -0.25) is 4.79 Å². The number of hydrogen-bond donors (Lipinski definition) is 2. The first kappa shape index (κ1) is 26.5. The third kappa shape index (κ3) is 6.06. The van der Waals surface area contributed by atoms with Gasteiger partial charge in [-0.15, -0.1) is 0 Å². The standard InChI is InChI=1S/C24H17ClF4N6O3/c1-2-38-22(37)21(36)31-14-5-3-4-13(10-14)16-12-30-23(32-15-6-7-18(26)17(25)11-15)33-20(16)35-9-8-19(34-35)24(27,28)29/h3-12H,2H2,1H3,(H,31,36)(H,30,32,33). The van der Waals surface area contributed by atoms with E-state index in [9.17, 15) is 27.2 Å². The number of halogens is 5. The van der Waals surface area contributed by atoms with E-state index in [1.807, 2.05) is 0 Å². The molecule has 196 valence electrons. The zero-order valence-corrected chi connectivity index (χ0v) is 20.1. The van der Waals surface area contributed by atoms with Crippen LogP contribution >= 0.6 is 11.6 Å². The summed E-state index contributed by atoms with van der Waals surface area (Å²) in [4.78, 5) is 32.2. The number of benzene rings is 2. The molecule has 2 aromatic heterocycles. The zero-order valence-electron chi connectivity index (χ0n) is 19.4. The Bertz CT molecular complexity index is 1510. The van der Waals surface area contributed by atoms with E-state index in [1.54, 1.807) is 19.1 Å². The Hall–Kier alpha value is -4.52. The third-order valence-corrected chi connectivity index (χ3v) is 5.22. The minimum Gasteiger partial charge on any atom is -0.459 e. The van der Waals surface area contributed by atoms with Crippen LogP contribution in [-0.4, -0.2) is 38.2 Å². The second kappa shape index (κ2) is 10.8. The predicted octanol–water partition coefficient (Wildman–Crippen LogP) is 5.39. The molecule has 2 heterocycles. The molecule has 14 heteroatoms. The largest absolute Gasteiger partial charge is 0.459 e. The summed E-state index contributed by atoms with van der Waals surface area (Å²) in [7, 11) is 0. The number of anilines is 3. The van der Waals surface area contributed by atoms with Gasteiger partial charge in [0.15, 0.2) is 11.5 Å². The summed E-state index contributed by atoms with van der Waals surface area (Å²) >= 11 is 5.81. The highest BCUT2D eigenvalue weighted by atomic mass is 35.5. The third-order valence-electron chi connectivity index (χ3n) is 4.93. The lowest BCUT2D eigenvalue weighted by molar-refractivity contribution is -0.152. The zero-order chi connectivity index (χ0) is 27.4. The van der Waals surface area contributed by atoms with Crippen molar-refractivity contribution in [1.29, 1.82) is 0 Å². The Morgan fingerprint density at radius 2 is 1.89 bits per heavy atom. The van der Waals surface area contributed by atoms with Crippen LogP contribution in [0.25, 0.3) is 16.9 Å². The van der Waals surface area contributed by atoms with E-state index in [0.717, 1.165) is 23.0 Å². The smallest absolute Gasteiger partial charge is 0.435 e. The topological polar surface area (TPSA) is 111 Å². The average molecular weight is 549 g/mol. The second-order valence-electron chi connectivity index (χ2n) is 7.58. The molecule has 0 aliphatic carbocycles. The molecule has 0 atom stereocenters. The molecule has 0 bridgehead atoms. The molecule has 2 N–H and O–H groups in total. The monoisotopic (exact) mass is 548 g/mol. The van der Waals surface area contributed by atoms with E-state index in [-0.39, 0.29) is 34.6 Å². The van der Waals surface area contributed by atoms with E-state index in [4.69, 9.17) is 11.6 Å². The van der Waals surface area contributed by atoms with Gasteiger partial charge in [-0.25, -0.2) is 18.9 Å². The molecule has 9 nitrogen and oxygen atoms in total. The fourth-order valence-electron chi connectivity index (χ4n) is 3.25. The molecule has 0 unspecified atom stereocenters. The summed E-state index contributed by atoms with van der Waals surface area (Å²) in [6.45, 7) is 1.57. The summed E-state index contributed by atoms with van der Waals surface area (Å²) in [5, 5.41) is 8.65. The van der Waals surface area contributed by atoms with E-state index in [0.29, 0.717) is 11.3 Å². The van der Waals surface area contributed by atoms with Crippen LogP contribution in [0, 0.1) is 5.82 Å². The molecule has 4 rings (SSSR count). The Labute approximate surface area is 217 Å². The molecule has 0 fully saturated rings. The SMILES string of the molecule is CCOC(=O)C(=O)Nc1cccc(-c2cnc(Nc3ccc(F)c(Cl)c3)nc2-n2ccc(C(F)(F)F)n2)c1. The minimum atomic E-state index is -4.69. The molecular formula is C24H17ClF4N6O3. The molecule has 2 aromatic carbocycles. The van der Waals surface area contributed by atoms with Gasteiger partial charge in [0.05, 0.1) is 11.6 Å². The summed E-state index contributed by atoms with van der Waals surface area (Å²) in [6, 6.07) is 10.7. The van der Waals surface area contributed by atoms with Crippen molar-refractivity contribution in [3.8, 4) is 16.9 Å². The van der Waals surface area contributed by atoms with Crippen LogP contribution in [0.2, 0.25) is 5.02 Å². The maximum Gasteiger partial charge on any atom is 0.435 e. The average Bonchev–Trinajstić information content (AvgIpc) is 3.38. The molecule has 38 heavy (non-hydrogen) atoms. The maximum atomic E-state index is 13.5. The Morgan fingerprint density at radius 3 is 2.58 bits per heavy atom. The van der Waals surface area contributed by atoms with Gasteiger partial charge >= 0.3 is 18.1 Å². The summed E-state index contributed by atoms with van der Waals surface area (Å²) < 4.78 is 58.8. The molecular weight excluding hydrogens is 532 g/mol. The van der Waals surface area contributed by atoms with Crippen LogP contribution in [0.1, 0.15) is 12.6 Å². The molecule has 0 aliphatic heterocycles. The van der Waals surface area contributed by atoms with Crippen LogP contribution in [0.4, 0.5) is 34.9 Å². The van der Waals surface area contributed by atoms with Gasteiger partial charge in [-0.05, 0) is 48.9 Å². The number of rotatable bonds is 6. The Kier molecular flexibility index (Phi) is 7.57. The molecule has 0 spiro atoms. The van der Waals surface area contributed by atoms with Gasteiger partial charge in [-0.1, -0.05) is 23.7 Å². The van der Waals surface area contributed by atoms with Crippen molar-refractivity contribution in [1.82, 2.24) is 19.7 Å². The van der Waals surface area contributed by atoms with Gasteiger partial charge in [0.2, 0.25) is 5.95 Å². The van der Waals surface area contributed by atoms with Crippen molar-refractivity contribution in [2.75, 3.05) is 17.2 Å². The number of esters is 1. The number of carbonyl (C=O) groups is 2. The molecule has 0 saturated heterocycles. The first-order chi connectivity index (χ1) is 18.0. The van der Waals surface area contributed by atoms with E-state index in [2.05, 4.69) is 30.4 Å². The van der Waals surface area contributed by atoms with Crippen LogP contribution < -0.4 is 10.6 Å². The predicted molar refractivity (Wildman–Crippen MR) is 130 cm³/mol. The number of ether oxygens (including phenoxy) is 1. The lowest BCUT2D eigenvalue weighted by atomic mass is 10.1. The van der Waals surface area contributed by atoms with Crippen molar-refractivity contribution in [3.63, 3.8) is 0 Å². The normalized spacial score (nSPS) is 11.2. The molecule has 0 radical (unpaired) electrons. The van der Waals surface area contributed by atoms with Crippen LogP contribution in [-0.2, 0) is 20.5 Å². The number of alkyl halides is 3. The first-order valence-electron chi connectivity index (χ1n) is 10.9. The van der Waals surface area contributed by atoms with Crippen LogP contribution in [0.5, 0.6) is 0 Å². The quantitative estimate of drug-likeness (QED) is 0.189. The van der Waals surface area contributed by atoms with Gasteiger partial charge in [0.1, 0.15) is 5.82 Å². The van der Waals surface area contributed by atoms with E-state index in [1.165, 1.54) is 30.5 Å². The molecule has 0 aliphatic rings. The second-order valence-corrected chi connectivity index (χ2v) is 7.99. The fraction of sp³-hybridized carbons (Fsp3) is 0.125. The lowest BCUT2D eigenvalue weighted by Gasteiger charge is -2.13. The van der Waals surface area contributed by atoms with Crippen molar-refractivity contribution in [2.45, 2.75) is 13.1 Å². The minimum absolute atomic E-state index is 0.0152. The Balaban J connectivity index is 1.74. The number of carbonyl (C=O) groups excluding carboxylic acids is 2. The highest BCUT2D eigenvalue weighted by molar-refractivity contribution is 6.37. The number of amides is 1. The summed E-state index contributed by atoms with van der Waals surface area (Å²) in [6.07, 6.45) is -2.28. The molecule has 4 aromatic rings. The van der Waals surface area contributed by atoms with Gasteiger partial charge in [0, 0.05) is 29.3 Å². The summed E-state index contributed by atoms with van der Waals surface area (Å²) in [5.41, 5.74) is 0.0394. The highest BCUT2D eigenvalue weighted by Crippen LogP contribution is 2.31. The highest BCUT2D eigenvalue weighted by Gasteiger charge is 2.34. The van der Waals surface area contributed by atoms with Gasteiger partial charge in [-0.2, -0.15) is 23.3 Å².